The number of aryl methyl sites for hydroxylation is 2. The Morgan fingerprint density at radius 2 is 1.81 bits per heavy atom. The Hall–Kier alpha value is -2.67. The Balaban J connectivity index is 1.32. The summed E-state index contributed by atoms with van der Waals surface area (Å²) in [6.45, 7) is 4.93. The largest absolute Gasteiger partial charge is 0.493 e. The van der Waals surface area contributed by atoms with Crippen molar-refractivity contribution in [3.63, 3.8) is 0 Å². The summed E-state index contributed by atoms with van der Waals surface area (Å²) < 4.78 is 22.2. The standard InChI is InChI=1S/C19H18N2O4S/c1-12-7-13(2)9-15(8-12)22-5-6-26-19-21-20-18(25-19)14-3-4-16-17(10-14)24-11-23-16/h3-4,7-10H,5-6,11H2,1-2H3. The van der Waals surface area contributed by atoms with E-state index in [0.29, 0.717) is 23.5 Å². The number of nitrogens with zero attached hydrogens (tertiary/aromatic N) is 2. The van der Waals surface area contributed by atoms with E-state index in [1.165, 1.54) is 22.9 Å². The van der Waals surface area contributed by atoms with Gasteiger partial charge in [0, 0.05) is 11.3 Å². The quantitative estimate of drug-likeness (QED) is 0.474. The summed E-state index contributed by atoms with van der Waals surface area (Å²) in [4.78, 5) is 0. The molecule has 0 N–H and O–H groups in total. The molecule has 1 aliphatic rings. The second kappa shape index (κ2) is 7.29. The third-order valence-electron chi connectivity index (χ3n) is 3.80. The number of hydrogen-bond acceptors (Lipinski definition) is 7. The molecule has 0 atom stereocenters. The molecule has 0 unspecified atom stereocenters. The maximum atomic E-state index is 5.79. The monoisotopic (exact) mass is 370 g/mol. The molecule has 1 aliphatic heterocycles. The van der Waals surface area contributed by atoms with Gasteiger partial charge in [-0.2, -0.15) is 0 Å². The Morgan fingerprint density at radius 1 is 1.00 bits per heavy atom. The molecular weight excluding hydrogens is 352 g/mol. The van der Waals surface area contributed by atoms with Crippen molar-refractivity contribution in [2.45, 2.75) is 19.1 Å². The summed E-state index contributed by atoms with van der Waals surface area (Å²) in [6.07, 6.45) is 0. The number of fused-ring (bicyclic) bond motifs is 1. The molecule has 26 heavy (non-hydrogen) atoms. The van der Waals surface area contributed by atoms with Gasteiger partial charge in [0.1, 0.15) is 5.75 Å². The molecule has 0 radical (unpaired) electrons. The number of thioether (sulfide) groups is 1. The molecule has 0 saturated carbocycles. The predicted octanol–water partition coefficient (Wildman–Crippen LogP) is 4.25. The fourth-order valence-corrected chi connectivity index (χ4v) is 3.30. The predicted molar refractivity (Wildman–Crippen MR) is 98.0 cm³/mol. The molecule has 0 bridgehead atoms. The Kier molecular flexibility index (Phi) is 4.71. The van der Waals surface area contributed by atoms with Crippen molar-refractivity contribution in [2.24, 2.45) is 0 Å². The summed E-state index contributed by atoms with van der Waals surface area (Å²) in [5.74, 6) is 3.48. The summed E-state index contributed by atoms with van der Waals surface area (Å²) in [5.41, 5.74) is 3.19. The second-order valence-corrected chi connectivity index (χ2v) is 7.01. The first kappa shape index (κ1) is 16.8. The van der Waals surface area contributed by atoms with Crippen LogP contribution in [0.3, 0.4) is 0 Å². The van der Waals surface area contributed by atoms with Gasteiger partial charge in [0.05, 0.1) is 6.61 Å². The maximum Gasteiger partial charge on any atom is 0.276 e. The van der Waals surface area contributed by atoms with Gasteiger partial charge in [0.25, 0.3) is 5.22 Å². The molecule has 1 aromatic heterocycles. The van der Waals surface area contributed by atoms with E-state index in [1.54, 1.807) is 0 Å². The Bertz CT molecular complexity index is 905. The van der Waals surface area contributed by atoms with E-state index in [1.807, 2.05) is 30.3 Å². The van der Waals surface area contributed by atoms with Gasteiger partial charge in [0.15, 0.2) is 11.5 Å². The lowest BCUT2D eigenvalue weighted by atomic mass is 10.1. The van der Waals surface area contributed by atoms with Crippen LogP contribution in [0.1, 0.15) is 11.1 Å². The van der Waals surface area contributed by atoms with Crippen molar-refractivity contribution in [2.75, 3.05) is 19.2 Å². The minimum Gasteiger partial charge on any atom is -0.493 e. The Labute approximate surface area is 155 Å². The average Bonchev–Trinajstić information content (AvgIpc) is 3.26. The minimum atomic E-state index is 0.240. The van der Waals surface area contributed by atoms with E-state index in [2.05, 4.69) is 30.1 Å². The van der Waals surface area contributed by atoms with E-state index in [9.17, 15) is 0 Å². The van der Waals surface area contributed by atoms with Crippen LogP contribution in [0.25, 0.3) is 11.5 Å². The fourth-order valence-electron chi connectivity index (χ4n) is 2.72. The zero-order valence-corrected chi connectivity index (χ0v) is 15.3. The molecule has 0 saturated heterocycles. The SMILES string of the molecule is Cc1cc(C)cc(OCCSc2nnc(-c3ccc4c(c3)OCO4)o2)c1. The molecular formula is C19H18N2O4S. The van der Waals surface area contributed by atoms with Gasteiger partial charge >= 0.3 is 0 Å². The maximum absolute atomic E-state index is 5.79. The summed E-state index contributed by atoms with van der Waals surface area (Å²) in [6, 6.07) is 11.7. The van der Waals surface area contributed by atoms with Crippen LogP contribution in [0.2, 0.25) is 0 Å². The fraction of sp³-hybridized carbons (Fsp3) is 0.263. The third-order valence-corrected chi connectivity index (χ3v) is 4.58. The number of hydrogen-bond donors (Lipinski definition) is 0. The smallest absolute Gasteiger partial charge is 0.276 e. The molecule has 2 aromatic carbocycles. The van der Waals surface area contributed by atoms with Crippen LogP contribution >= 0.6 is 11.8 Å². The zero-order valence-electron chi connectivity index (χ0n) is 14.5. The zero-order chi connectivity index (χ0) is 17.9. The Morgan fingerprint density at radius 3 is 2.65 bits per heavy atom. The number of benzene rings is 2. The van der Waals surface area contributed by atoms with Gasteiger partial charge < -0.3 is 18.6 Å². The number of aromatic nitrogens is 2. The lowest BCUT2D eigenvalue weighted by Gasteiger charge is -2.07. The van der Waals surface area contributed by atoms with Gasteiger partial charge in [-0.25, -0.2) is 0 Å². The molecule has 0 fully saturated rings. The van der Waals surface area contributed by atoms with E-state index in [4.69, 9.17) is 18.6 Å². The van der Waals surface area contributed by atoms with Crippen LogP contribution in [0.4, 0.5) is 0 Å². The highest BCUT2D eigenvalue weighted by Gasteiger charge is 2.16. The highest BCUT2D eigenvalue weighted by Crippen LogP contribution is 2.36. The van der Waals surface area contributed by atoms with Crippen LogP contribution in [-0.2, 0) is 0 Å². The normalized spacial score (nSPS) is 12.4. The van der Waals surface area contributed by atoms with Crippen molar-refractivity contribution in [1.29, 1.82) is 0 Å². The molecule has 4 rings (SSSR count). The van der Waals surface area contributed by atoms with Gasteiger partial charge in [0.2, 0.25) is 12.7 Å². The second-order valence-electron chi connectivity index (χ2n) is 5.96. The summed E-state index contributed by atoms with van der Waals surface area (Å²) in [5, 5.41) is 8.69. The molecule has 7 heteroatoms. The molecule has 134 valence electrons. The molecule has 0 aliphatic carbocycles. The van der Waals surface area contributed by atoms with E-state index in [-0.39, 0.29) is 6.79 Å². The topological polar surface area (TPSA) is 66.6 Å². The van der Waals surface area contributed by atoms with Crippen molar-refractivity contribution in [1.82, 2.24) is 10.2 Å². The van der Waals surface area contributed by atoms with Crippen LogP contribution in [0.15, 0.2) is 46.0 Å². The number of ether oxygens (including phenoxy) is 3. The summed E-state index contributed by atoms with van der Waals surface area (Å²) in [7, 11) is 0. The van der Waals surface area contributed by atoms with Gasteiger partial charge in [-0.1, -0.05) is 17.8 Å². The lowest BCUT2D eigenvalue weighted by molar-refractivity contribution is 0.174. The first-order valence-electron chi connectivity index (χ1n) is 8.25. The van der Waals surface area contributed by atoms with Gasteiger partial charge in [-0.05, 0) is 55.3 Å². The lowest BCUT2D eigenvalue weighted by Crippen LogP contribution is -2.00. The van der Waals surface area contributed by atoms with E-state index in [0.717, 1.165) is 22.8 Å². The van der Waals surface area contributed by atoms with Crippen LogP contribution in [0.5, 0.6) is 17.2 Å². The summed E-state index contributed by atoms with van der Waals surface area (Å²) >= 11 is 1.47. The van der Waals surface area contributed by atoms with Crippen LogP contribution in [-0.4, -0.2) is 29.4 Å². The minimum absolute atomic E-state index is 0.240. The van der Waals surface area contributed by atoms with Crippen LogP contribution in [0, 0.1) is 13.8 Å². The highest BCUT2D eigenvalue weighted by atomic mass is 32.2. The van der Waals surface area contributed by atoms with E-state index >= 15 is 0 Å². The van der Waals surface area contributed by atoms with Crippen molar-refractivity contribution in [3.05, 3.63) is 47.5 Å². The highest BCUT2D eigenvalue weighted by molar-refractivity contribution is 7.99. The van der Waals surface area contributed by atoms with Crippen molar-refractivity contribution < 1.29 is 18.6 Å². The van der Waals surface area contributed by atoms with Gasteiger partial charge in [-0.3, -0.25) is 0 Å². The molecule has 2 heterocycles. The van der Waals surface area contributed by atoms with Crippen LogP contribution < -0.4 is 14.2 Å². The molecule has 3 aromatic rings. The van der Waals surface area contributed by atoms with E-state index < -0.39 is 0 Å². The van der Waals surface area contributed by atoms with Gasteiger partial charge in [-0.15, -0.1) is 10.2 Å². The molecule has 0 amide bonds. The van der Waals surface area contributed by atoms with Crippen molar-refractivity contribution in [3.8, 4) is 28.7 Å². The molecule has 6 nitrogen and oxygen atoms in total. The number of rotatable bonds is 6. The van der Waals surface area contributed by atoms with Crippen molar-refractivity contribution >= 4 is 11.8 Å². The average molecular weight is 370 g/mol. The third kappa shape index (κ3) is 3.77. The molecule has 0 spiro atoms. The first-order chi connectivity index (χ1) is 12.7. The first-order valence-corrected chi connectivity index (χ1v) is 9.23.